The van der Waals surface area contributed by atoms with E-state index in [-0.39, 0.29) is 23.9 Å². The third kappa shape index (κ3) is 4.72. The standard InChI is InChI=1S/C22H19NO4S/c1-2-16-12-13-20(28-16)19(24)14-27-22(26)17-10-6-7-11-18(17)23-21(25)15-8-4-3-5-9-15/h3-13H,2,14H2,1H3,(H,23,25). The molecule has 0 bridgehead atoms. The first kappa shape index (κ1) is 19.5. The SMILES string of the molecule is CCc1ccc(C(=O)COC(=O)c2ccccc2NC(=O)c2ccccc2)s1. The summed E-state index contributed by atoms with van der Waals surface area (Å²) in [6, 6.07) is 18.9. The van der Waals surface area contributed by atoms with Crippen LogP contribution >= 0.6 is 11.3 Å². The number of carbonyl (C=O) groups excluding carboxylic acids is 3. The first-order chi connectivity index (χ1) is 13.6. The lowest BCUT2D eigenvalue weighted by Crippen LogP contribution is -2.17. The Balaban J connectivity index is 1.67. The number of esters is 1. The van der Waals surface area contributed by atoms with Crippen LogP contribution in [0.15, 0.2) is 66.7 Å². The van der Waals surface area contributed by atoms with Crippen LogP contribution < -0.4 is 5.32 Å². The summed E-state index contributed by atoms with van der Waals surface area (Å²) in [6.45, 7) is 1.67. The molecule has 1 aromatic heterocycles. The van der Waals surface area contributed by atoms with E-state index in [4.69, 9.17) is 4.74 Å². The van der Waals surface area contributed by atoms with Gasteiger partial charge in [-0.25, -0.2) is 4.79 Å². The normalized spacial score (nSPS) is 10.3. The Morgan fingerprint density at radius 3 is 2.36 bits per heavy atom. The summed E-state index contributed by atoms with van der Waals surface area (Å²) in [5.41, 5.74) is 1.00. The molecule has 0 radical (unpaired) electrons. The smallest absolute Gasteiger partial charge is 0.340 e. The van der Waals surface area contributed by atoms with Crippen LogP contribution in [0.5, 0.6) is 0 Å². The highest BCUT2D eigenvalue weighted by atomic mass is 32.1. The molecule has 0 saturated carbocycles. The summed E-state index contributed by atoms with van der Waals surface area (Å²) in [5, 5.41) is 2.72. The maximum atomic E-state index is 12.5. The van der Waals surface area contributed by atoms with E-state index in [1.807, 2.05) is 19.1 Å². The first-order valence-corrected chi connectivity index (χ1v) is 9.64. The fourth-order valence-corrected chi connectivity index (χ4v) is 3.42. The van der Waals surface area contributed by atoms with Crippen LogP contribution in [-0.2, 0) is 11.2 Å². The van der Waals surface area contributed by atoms with Gasteiger partial charge in [0.05, 0.1) is 16.1 Å². The summed E-state index contributed by atoms with van der Waals surface area (Å²) < 4.78 is 5.18. The molecule has 0 saturated heterocycles. The summed E-state index contributed by atoms with van der Waals surface area (Å²) in [4.78, 5) is 38.7. The number of hydrogen-bond acceptors (Lipinski definition) is 5. The van der Waals surface area contributed by atoms with Crippen molar-refractivity contribution in [3.05, 3.63) is 87.6 Å². The van der Waals surface area contributed by atoms with Crippen LogP contribution in [0.4, 0.5) is 5.69 Å². The minimum atomic E-state index is -0.662. The maximum Gasteiger partial charge on any atom is 0.340 e. The molecule has 3 rings (SSSR count). The van der Waals surface area contributed by atoms with Gasteiger partial charge in [0.25, 0.3) is 5.91 Å². The summed E-state index contributed by atoms with van der Waals surface area (Å²) in [6.07, 6.45) is 0.853. The lowest BCUT2D eigenvalue weighted by Gasteiger charge is -2.10. The monoisotopic (exact) mass is 393 g/mol. The lowest BCUT2D eigenvalue weighted by atomic mass is 10.1. The number of thiophene rings is 1. The first-order valence-electron chi connectivity index (χ1n) is 8.83. The number of anilines is 1. The third-order valence-electron chi connectivity index (χ3n) is 4.05. The van der Waals surface area contributed by atoms with Crippen molar-refractivity contribution in [1.82, 2.24) is 0 Å². The zero-order chi connectivity index (χ0) is 19.9. The predicted octanol–water partition coefficient (Wildman–Crippen LogP) is 4.60. The molecule has 0 unspecified atom stereocenters. The van der Waals surface area contributed by atoms with Crippen LogP contribution in [0.25, 0.3) is 0 Å². The van der Waals surface area contributed by atoms with Gasteiger partial charge in [-0.1, -0.05) is 37.3 Å². The Hall–Kier alpha value is -3.25. The van der Waals surface area contributed by atoms with Crippen molar-refractivity contribution in [3.8, 4) is 0 Å². The van der Waals surface area contributed by atoms with Gasteiger partial charge in [-0.05, 0) is 42.8 Å². The molecule has 3 aromatic rings. The molecule has 6 heteroatoms. The molecular formula is C22H19NO4S. The molecule has 1 N–H and O–H groups in total. The molecule has 0 aliphatic rings. The minimum Gasteiger partial charge on any atom is -0.454 e. The van der Waals surface area contributed by atoms with Crippen molar-refractivity contribution in [1.29, 1.82) is 0 Å². The molecular weight excluding hydrogens is 374 g/mol. The van der Waals surface area contributed by atoms with E-state index >= 15 is 0 Å². The fraction of sp³-hybridized carbons (Fsp3) is 0.136. The number of nitrogens with one attached hydrogen (secondary N) is 1. The van der Waals surface area contributed by atoms with Gasteiger partial charge < -0.3 is 10.1 Å². The molecule has 1 heterocycles. The van der Waals surface area contributed by atoms with Gasteiger partial charge in [0.2, 0.25) is 5.78 Å². The molecule has 0 spiro atoms. The average Bonchev–Trinajstić information content (AvgIpc) is 3.22. The molecule has 5 nitrogen and oxygen atoms in total. The highest BCUT2D eigenvalue weighted by Crippen LogP contribution is 2.20. The summed E-state index contributed by atoms with van der Waals surface area (Å²) in [7, 11) is 0. The van der Waals surface area contributed by atoms with Crippen molar-refractivity contribution in [2.45, 2.75) is 13.3 Å². The Bertz CT molecular complexity index is 995. The lowest BCUT2D eigenvalue weighted by molar-refractivity contribution is 0.0477. The van der Waals surface area contributed by atoms with Crippen LogP contribution in [-0.4, -0.2) is 24.3 Å². The van der Waals surface area contributed by atoms with Gasteiger partial charge >= 0.3 is 5.97 Å². The van der Waals surface area contributed by atoms with Gasteiger partial charge in [-0.3, -0.25) is 9.59 Å². The van der Waals surface area contributed by atoms with Crippen LogP contribution in [0.3, 0.4) is 0 Å². The van der Waals surface area contributed by atoms with Crippen molar-refractivity contribution >= 4 is 34.7 Å². The van der Waals surface area contributed by atoms with Crippen molar-refractivity contribution in [3.63, 3.8) is 0 Å². The molecule has 2 aromatic carbocycles. The molecule has 1 amide bonds. The Kier molecular flexibility index (Phi) is 6.34. The van der Waals surface area contributed by atoms with Crippen molar-refractivity contribution < 1.29 is 19.1 Å². The Morgan fingerprint density at radius 1 is 0.929 bits per heavy atom. The van der Waals surface area contributed by atoms with Gasteiger partial charge in [0, 0.05) is 10.4 Å². The van der Waals surface area contributed by atoms with E-state index in [9.17, 15) is 14.4 Å². The molecule has 0 aliphatic heterocycles. The second-order valence-corrected chi connectivity index (χ2v) is 7.15. The van der Waals surface area contributed by atoms with Gasteiger partial charge in [-0.2, -0.15) is 0 Å². The largest absolute Gasteiger partial charge is 0.454 e. The van der Waals surface area contributed by atoms with E-state index in [2.05, 4.69) is 5.32 Å². The fourth-order valence-electron chi connectivity index (χ4n) is 2.55. The van der Waals surface area contributed by atoms with Crippen molar-refractivity contribution in [2.75, 3.05) is 11.9 Å². The number of rotatable bonds is 7. The number of carbonyl (C=O) groups is 3. The highest BCUT2D eigenvalue weighted by Gasteiger charge is 2.17. The van der Waals surface area contributed by atoms with Crippen LogP contribution in [0.2, 0.25) is 0 Å². The molecule has 0 atom stereocenters. The molecule has 142 valence electrons. The number of para-hydroxylation sites is 1. The zero-order valence-electron chi connectivity index (χ0n) is 15.3. The van der Waals surface area contributed by atoms with Crippen molar-refractivity contribution in [2.24, 2.45) is 0 Å². The number of aryl methyl sites for hydroxylation is 1. The molecule has 0 aliphatic carbocycles. The molecule has 28 heavy (non-hydrogen) atoms. The second kappa shape index (κ2) is 9.10. The number of hydrogen-bond donors (Lipinski definition) is 1. The van der Waals surface area contributed by atoms with E-state index < -0.39 is 5.97 Å². The zero-order valence-corrected chi connectivity index (χ0v) is 16.1. The van der Waals surface area contributed by atoms with Gasteiger partial charge in [0.15, 0.2) is 6.61 Å². The van der Waals surface area contributed by atoms with Crippen LogP contribution in [0.1, 0.15) is 42.2 Å². The summed E-state index contributed by atoms with van der Waals surface area (Å²) >= 11 is 1.40. The topological polar surface area (TPSA) is 72.5 Å². The number of ketones is 1. The minimum absolute atomic E-state index is 0.194. The quantitative estimate of drug-likeness (QED) is 0.470. The van der Waals surface area contributed by atoms with E-state index in [1.54, 1.807) is 54.6 Å². The number of Topliss-reactive ketones (excluding diaryl/α,β-unsaturated/α-hetero) is 1. The number of ether oxygens (including phenoxy) is 1. The van der Waals surface area contributed by atoms with E-state index in [0.717, 1.165) is 11.3 Å². The average molecular weight is 393 g/mol. The molecule has 0 fully saturated rings. The predicted molar refractivity (Wildman–Crippen MR) is 109 cm³/mol. The summed E-state index contributed by atoms with van der Waals surface area (Å²) in [5.74, 6) is -1.24. The van der Waals surface area contributed by atoms with Crippen LogP contribution in [0, 0.1) is 0 Å². The third-order valence-corrected chi connectivity index (χ3v) is 5.32. The highest BCUT2D eigenvalue weighted by molar-refractivity contribution is 7.14. The number of benzene rings is 2. The Labute approximate surface area is 167 Å². The van der Waals surface area contributed by atoms with Gasteiger partial charge in [-0.15, -0.1) is 11.3 Å². The second-order valence-electron chi connectivity index (χ2n) is 5.98. The van der Waals surface area contributed by atoms with Gasteiger partial charge in [0.1, 0.15) is 0 Å². The van der Waals surface area contributed by atoms with E-state index in [1.165, 1.54) is 11.3 Å². The maximum absolute atomic E-state index is 12.5. The number of amides is 1. The van der Waals surface area contributed by atoms with E-state index in [0.29, 0.717) is 16.1 Å². The Morgan fingerprint density at radius 2 is 1.64 bits per heavy atom.